The van der Waals surface area contributed by atoms with Gasteiger partial charge in [-0.3, -0.25) is 0 Å². The molecule has 5 heterocycles. The number of carbonyl (C=O) groups excluding carboxylic acids is 3. The molecule has 6 aliphatic rings. The summed E-state index contributed by atoms with van der Waals surface area (Å²) in [5, 5.41) is 0. The maximum Gasteiger partial charge on any atom is 0.373 e. The number of fused-ring (bicyclic) bond motifs is 2. The molecule has 0 amide bonds. The molecule has 0 N–H and O–H groups in total. The summed E-state index contributed by atoms with van der Waals surface area (Å²) in [5.74, 6) is -2.90. The van der Waals surface area contributed by atoms with Crippen molar-refractivity contribution in [2.45, 2.75) is 82.6 Å². The van der Waals surface area contributed by atoms with E-state index in [1.807, 2.05) is 13.8 Å². The van der Waals surface area contributed by atoms with Crippen LogP contribution >= 0.6 is 0 Å². The fourth-order valence-electron chi connectivity index (χ4n) is 6.99. The van der Waals surface area contributed by atoms with Gasteiger partial charge in [0.05, 0.1) is 11.8 Å². The molecule has 1 aliphatic carbocycles. The zero-order valence-electron chi connectivity index (χ0n) is 21.9. The van der Waals surface area contributed by atoms with E-state index in [1.54, 1.807) is 0 Å². The van der Waals surface area contributed by atoms with Crippen LogP contribution in [0.5, 0.6) is 0 Å². The fraction of sp³-hybridized carbons (Fsp3) is 0.808. The lowest BCUT2D eigenvalue weighted by Gasteiger charge is -2.57. The Morgan fingerprint density at radius 3 is 2.51 bits per heavy atom. The van der Waals surface area contributed by atoms with E-state index in [0.717, 1.165) is 19.3 Å². The molecule has 11 atom stereocenters. The lowest BCUT2D eigenvalue weighted by atomic mass is 9.59. The van der Waals surface area contributed by atoms with Crippen LogP contribution < -0.4 is 0 Å². The Kier molecular flexibility index (Phi) is 7.23. The number of ether oxygens (including phenoxy) is 6. The number of aldehydes is 2. The minimum absolute atomic E-state index is 0.0668. The normalized spacial score (nSPS) is 46.9. The third kappa shape index (κ3) is 4.15. The summed E-state index contributed by atoms with van der Waals surface area (Å²) >= 11 is 0. The van der Waals surface area contributed by atoms with Crippen molar-refractivity contribution in [3.05, 3.63) is 11.3 Å². The van der Waals surface area contributed by atoms with E-state index in [2.05, 4.69) is 6.92 Å². The minimum atomic E-state index is -0.970. The van der Waals surface area contributed by atoms with Gasteiger partial charge in [0, 0.05) is 32.5 Å². The predicted molar refractivity (Wildman–Crippen MR) is 123 cm³/mol. The van der Waals surface area contributed by atoms with Crippen molar-refractivity contribution in [2.24, 2.45) is 29.6 Å². The van der Waals surface area contributed by atoms with Crippen LogP contribution in [-0.4, -0.2) is 75.5 Å². The SMILES string of the molecule is COC1C(C=O)[C@H](C=O)C(COC(=O)C2=C(C)[C@@H]3CC[C@@H](C)[C@@H]4CC[C@]5(C)OO[C@@]34C(O2)O5)O[C@H]1OC. The van der Waals surface area contributed by atoms with Crippen LogP contribution in [0.2, 0.25) is 0 Å². The summed E-state index contributed by atoms with van der Waals surface area (Å²) in [5.41, 5.74) is -0.123. The van der Waals surface area contributed by atoms with Gasteiger partial charge in [0.25, 0.3) is 0 Å². The van der Waals surface area contributed by atoms with E-state index in [-0.39, 0.29) is 24.2 Å². The number of carbonyl (C=O) groups is 3. The molecule has 206 valence electrons. The molecule has 5 fully saturated rings. The van der Waals surface area contributed by atoms with E-state index in [4.69, 9.17) is 38.2 Å². The van der Waals surface area contributed by atoms with E-state index in [0.29, 0.717) is 30.5 Å². The number of esters is 1. The molecule has 4 unspecified atom stereocenters. The third-order valence-corrected chi connectivity index (χ3v) is 9.04. The zero-order valence-corrected chi connectivity index (χ0v) is 21.9. The number of rotatable bonds is 7. The zero-order chi connectivity index (χ0) is 26.5. The van der Waals surface area contributed by atoms with Gasteiger partial charge in [0.15, 0.2) is 11.9 Å². The second-order valence-electron chi connectivity index (χ2n) is 11.0. The summed E-state index contributed by atoms with van der Waals surface area (Å²) in [7, 11) is 2.82. The molecule has 5 aliphatic heterocycles. The van der Waals surface area contributed by atoms with Crippen molar-refractivity contribution in [1.82, 2.24) is 0 Å². The van der Waals surface area contributed by atoms with Crippen LogP contribution in [0.25, 0.3) is 0 Å². The average Bonchev–Trinajstić information content (AvgIpc) is 3.13. The van der Waals surface area contributed by atoms with E-state index < -0.39 is 54.0 Å². The van der Waals surface area contributed by atoms with Gasteiger partial charge in [-0.25, -0.2) is 14.6 Å². The van der Waals surface area contributed by atoms with Crippen LogP contribution in [-0.2, 0) is 52.6 Å². The van der Waals surface area contributed by atoms with Crippen molar-refractivity contribution in [2.75, 3.05) is 20.8 Å². The topological polar surface area (TPSA) is 125 Å². The first-order chi connectivity index (χ1) is 17.7. The molecular weight excluding hydrogens is 488 g/mol. The minimum Gasteiger partial charge on any atom is -0.457 e. The van der Waals surface area contributed by atoms with Gasteiger partial charge in [-0.05, 0) is 44.6 Å². The molecule has 6 rings (SSSR count). The Labute approximate surface area is 215 Å². The van der Waals surface area contributed by atoms with Gasteiger partial charge in [0.1, 0.15) is 31.4 Å². The summed E-state index contributed by atoms with van der Waals surface area (Å²) in [6.45, 7) is 5.59. The van der Waals surface area contributed by atoms with Crippen LogP contribution in [0.1, 0.15) is 46.5 Å². The third-order valence-electron chi connectivity index (χ3n) is 9.04. The van der Waals surface area contributed by atoms with Gasteiger partial charge >= 0.3 is 5.97 Å². The Morgan fingerprint density at radius 1 is 1.08 bits per heavy atom. The monoisotopic (exact) mass is 524 g/mol. The first-order valence-corrected chi connectivity index (χ1v) is 12.9. The summed E-state index contributed by atoms with van der Waals surface area (Å²) < 4.78 is 34.6. The van der Waals surface area contributed by atoms with E-state index in [1.165, 1.54) is 14.2 Å². The first-order valence-electron chi connectivity index (χ1n) is 12.9. The van der Waals surface area contributed by atoms with Crippen LogP contribution in [0.4, 0.5) is 0 Å². The number of hydrogen-bond acceptors (Lipinski definition) is 11. The second kappa shape index (κ2) is 10.0. The highest BCUT2D eigenvalue weighted by Crippen LogP contribution is 2.60. The Morgan fingerprint density at radius 2 is 1.84 bits per heavy atom. The van der Waals surface area contributed by atoms with Crippen LogP contribution in [0, 0.1) is 29.6 Å². The Hall–Kier alpha value is -1.89. The quantitative estimate of drug-likeness (QED) is 0.276. The average molecular weight is 525 g/mol. The highest BCUT2D eigenvalue weighted by Gasteiger charge is 2.68. The Bertz CT molecular complexity index is 951. The lowest BCUT2D eigenvalue weighted by Crippen LogP contribution is -2.67. The van der Waals surface area contributed by atoms with Crippen LogP contribution in [0.3, 0.4) is 0 Å². The molecule has 11 nitrogen and oxygen atoms in total. The van der Waals surface area contributed by atoms with Crippen LogP contribution in [0.15, 0.2) is 11.3 Å². The molecule has 37 heavy (non-hydrogen) atoms. The molecular formula is C26H36O11. The standard InChI is InChI=1S/C26H36O11/c1-13-6-7-18-14(2)20(34-24-26(18)17(13)8-9-25(3,35-24)36-37-26)22(29)32-12-19-15(10-27)16(11-28)21(30-4)23(31-5)33-19/h10-11,13,15-19,21,23-24H,6-9,12H2,1-5H3/t13-,15+,16?,17+,18+,19?,21?,23-,24?,25+,26-/m1/s1. The maximum atomic E-state index is 13.3. The second-order valence-corrected chi connectivity index (χ2v) is 11.0. The van der Waals surface area contributed by atoms with Crippen molar-refractivity contribution in [1.29, 1.82) is 0 Å². The van der Waals surface area contributed by atoms with E-state index in [9.17, 15) is 14.4 Å². The molecule has 1 spiro atoms. The van der Waals surface area contributed by atoms with Gasteiger partial charge in [-0.15, -0.1) is 0 Å². The molecule has 1 saturated carbocycles. The molecule has 0 aromatic heterocycles. The molecule has 11 heteroatoms. The van der Waals surface area contributed by atoms with Crippen molar-refractivity contribution < 1.29 is 52.6 Å². The number of hydrogen-bond donors (Lipinski definition) is 0. The summed E-state index contributed by atoms with van der Waals surface area (Å²) in [4.78, 5) is 48.9. The van der Waals surface area contributed by atoms with Gasteiger partial charge in [0.2, 0.25) is 17.8 Å². The highest BCUT2D eigenvalue weighted by atomic mass is 17.3. The van der Waals surface area contributed by atoms with Gasteiger partial charge in [-0.1, -0.05) is 6.92 Å². The largest absolute Gasteiger partial charge is 0.457 e. The molecule has 4 saturated heterocycles. The van der Waals surface area contributed by atoms with Crippen molar-refractivity contribution >= 4 is 18.5 Å². The van der Waals surface area contributed by atoms with Gasteiger partial charge < -0.3 is 38.0 Å². The van der Waals surface area contributed by atoms with E-state index >= 15 is 0 Å². The summed E-state index contributed by atoms with van der Waals surface area (Å²) in [6.07, 6.45) is 1.17. The highest BCUT2D eigenvalue weighted by molar-refractivity contribution is 5.87. The lowest BCUT2D eigenvalue weighted by molar-refractivity contribution is -0.556. The maximum absolute atomic E-state index is 13.3. The molecule has 0 aromatic carbocycles. The van der Waals surface area contributed by atoms with Crippen molar-refractivity contribution in [3.63, 3.8) is 0 Å². The molecule has 2 bridgehead atoms. The molecule has 0 radical (unpaired) electrons. The predicted octanol–water partition coefficient (Wildman–Crippen LogP) is 2.07. The first kappa shape index (κ1) is 26.7. The molecule has 0 aromatic rings. The fourth-order valence-corrected chi connectivity index (χ4v) is 6.99. The Balaban J connectivity index is 1.37. The van der Waals surface area contributed by atoms with Crippen molar-refractivity contribution in [3.8, 4) is 0 Å². The summed E-state index contributed by atoms with van der Waals surface area (Å²) in [6, 6.07) is 0. The van der Waals surface area contributed by atoms with Gasteiger partial charge in [-0.2, -0.15) is 0 Å². The number of methoxy groups -OCH3 is 2. The smallest absolute Gasteiger partial charge is 0.373 e.